The molecule has 0 spiro atoms. The molecule has 1 saturated heterocycles. The number of Topliss-reactive ketones (excluding diaryl/α,β-unsaturated/α-hetero) is 1. The van der Waals surface area contributed by atoms with E-state index in [-0.39, 0.29) is 22.4 Å². The zero-order valence-electron chi connectivity index (χ0n) is 18.2. The van der Waals surface area contributed by atoms with Gasteiger partial charge < -0.3 is 9.47 Å². The number of ether oxygens (including phenoxy) is 2. The first kappa shape index (κ1) is 21.8. The number of rotatable bonds is 7. The highest BCUT2D eigenvalue weighted by Gasteiger charge is 2.65. The van der Waals surface area contributed by atoms with E-state index in [0.29, 0.717) is 38.5 Å². The summed E-state index contributed by atoms with van der Waals surface area (Å²) in [5.74, 6) is 1.11. The van der Waals surface area contributed by atoms with Gasteiger partial charge in [0.05, 0.1) is 12.9 Å². The maximum atomic E-state index is 13.2. The van der Waals surface area contributed by atoms with Gasteiger partial charge in [-0.05, 0) is 54.7 Å². The van der Waals surface area contributed by atoms with Crippen molar-refractivity contribution in [1.82, 2.24) is 4.72 Å². The summed E-state index contributed by atoms with van der Waals surface area (Å²) in [6.45, 7) is 5.67. The lowest BCUT2D eigenvalue weighted by Crippen LogP contribution is -2.49. The van der Waals surface area contributed by atoms with Crippen molar-refractivity contribution in [2.45, 2.75) is 51.4 Å². The van der Waals surface area contributed by atoms with Crippen LogP contribution in [0.1, 0.15) is 51.5 Å². The SMILES string of the molecule is COc1ccc(C2(CNS(=O)(=O)CC34CCC(CC3=O)C4(C)C)CCOCC2)cc1. The van der Waals surface area contributed by atoms with Gasteiger partial charge in [0.15, 0.2) is 0 Å². The zero-order chi connectivity index (χ0) is 21.6. The molecule has 30 heavy (non-hydrogen) atoms. The van der Waals surface area contributed by atoms with Crippen molar-refractivity contribution in [2.24, 2.45) is 16.7 Å². The molecule has 3 aliphatic rings. The largest absolute Gasteiger partial charge is 0.497 e. The van der Waals surface area contributed by atoms with Crippen molar-refractivity contribution in [3.05, 3.63) is 29.8 Å². The number of carbonyl (C=O) groups is 1. The van der Waals surface area contributed by atoms with Gasteiger partial charge in [-0.1, -0.05) is 26.0 Å². The summed E-state index contributed by atoms with van der Waals surface area (Å²) in [7, 11) is -1.98. The molecule has 166 valence electrons. The molecule has 0 radical (unpaired) electrons. The number of hydrogen-bond donors (Lipinski definition) is 1. The molecular formula is C23H33NO5S. The highest BCUT2D eigenvalue weighted by Crippen LogP contribution is 2.64. The van der Waals surface area contributed by atoms with E-state index in [0.717, 1.165) is 30.6 Å². The van der Waals surface area contributed by atoms with Crippen LogP contribution in [0.25, 0.3) is 0 Å². The Morgan fingerprint density at radius 2 is 1.80 bits per heavy atom. The number of fused-ring (bicyclic) bond motifs is 2. The smallest absolute Gasteiger partial charge is 0.212 e. The summed E-state index contributed by atoms with van der Waals surface area (Å²) in [5, 5.41) is 0. The van der Waals surface area contributed by atoms with E-state index in [9.17, 15) is 13.2 Å². The number of sulfonamides is 1. The van der Waals surface area contributed by atoms with Crippen molar-refractivity contribution in [3.63, 3.8) is 0 Å². The van der Waals surface area contributed by atoms with Crippen LogP contribution in [-0.4, -0.2) is 46.8 Å². The lowest BCUT2D eigenvalue weighted by Gasteiger charge is -2.39. The minimum Gasteiger partial charge on any atom is -0.497 e. The Kier molecular flexibility index (Phi) is 5.52. The third-order valence-electron chi connectivity index (χ3n) is 8.36. The van der Waals surface area contributed by atoms with E-state index in [1.54, 1.807) is 7.11 Å². The highest BCUT2D eigenvalue weighted by molar-refractivity contribution is 7.89. The minimum absolute atomic E-state index is 0.0997. The van der Waals surface area contributed by atoms with Crippen molar-refractivity contribution >= 4 is 15.8 Å². The molecule has 0 aromatic heterocycles. The molecule has 2 saturated carbocycles. The second-order valence-electron chi connectivity index (χ2n) is 9.87. The Balaban J connectivity index is 1.54. The fourth-order valence-electron chi connectivity index (χ4n) is 6.01. The molecule has 7 heteroatoms. The topological polar surface area (TPSA) is 81.7 Å². The van der Waals surface area contributed by atoms with Gasteiger partial charge in [-0.2, -0.15) is 0 Å². The van der Waals surface area contributed by atoms with Crippen LogP contribution in [0.5, 0.6) is 5.75 Å². The maximum absolute atomic E-state index is 13.2. The molecule has 1 aromatic carbocycles. The molecule has 1 N–H and O–H groups in total. The Morgan fingerprint density at radius 3 is 2.33 bits per heavy atom. The summed E-state index contributed by atoms with van der Waals surface area (Å²) in [6, 6.07) is 7.86. The quantitative estimate of drug-likeness (QED) is 0.712. The van der Waals surface area contributed by atoms with Gasteiger partial charge >= 0.3 is 0 Å². The van der Waals surface area contributed by atoms with Crippen LogP contribution in [0.2, 0.25) is 0 Å². The molecule has 3 fully saturated rings. The van der Waals surface area contributed by atoms with Crippen LogP contribution in [0.3, 0.4) is 0 Å². The number of hydrogen-bond acceptors (Lipinski definition) is 5. The average molecular weight is 436 g/mol. The predicted molar refractivity (Wildman–Crippen MR) is 115 cm³/mol. The Bertz CT molecular complexity index is 902. The van der Waals surface area contributed by atoms with E-state index in [1.807, 2.05) is 24.3 Å². The maximum Gasteiger partial charge on any atom is 0.212 e. The van der Waals surface area contributed by atoms with Crippen molar-refractivity contribution in [2.75, 3.05) is 32.6 Å². The minimum atomic E-state index is -3.61. The highest BCUT2D eigenvalue weighted by atomic mass is 32.2. The Morgan fingerprint density at radius 1 is 1.13 bits per heavy atom. The van der Waals surface area contributed by atoms with E-state index in [1.165, 1.54) is 0 Å². The van der Waals surface area contributed by atoms with E-state index >= 15 is 0 Å². The Hall–Kier alpha value is -1.44. The molecule has 6 nitrogen and oxygen atoms in total. The van der Waals surface area contributed by atoms with Gasteiger partial charge in [0.25, 0.3) is 0 Å². The molecule has 2 atom stereocenters. The molecule has 0 amide bonds. The fraction of sp³-hybridized carbons (Fsp3) is 0.696. The van der Waals surface area contributed by atoms with Crippen LogP contribution in [0.4, 0.5) is 0 Å². The van der Waals surface area contributed by atoms with Crippen LogP contribution in [0.15, 0.2) is 24.3 Å². The first-order chi connectivity index (χ1) is 14.1. The van der Waals surface area contributed by atoms with E-state index in [4.69, 9.17) is 9.47 Å². The van der Waals surface area contributed by atoms with Gasteiger partial charge in [-0.15, -0.1) is 0 Å². The molecule has 2 unspecified atom stereocenters. The summed E-state index contributed by atoms with van der Waals surface area (Å²) in [6.07, 6.45) is 3.65. The van der Waals surface area contributed by atoms with Crippen molar-refractivity contribution in [1.29, 1.82) is 0 Å². The average Bonchev–Trinajstić information content (AvgIpc) is 3.07. The van der Waals surface area contributed by atoms with Gasteiger partial charge in [-0.25, -0.2) is 13.1 Å². The first-order valence-corrected chi connectivity index (χ1v) is 12.5. The molecule has 4 rings (SSSR count). The number of ketones is 1. The van der Waals surface area contributed by atoms with Crippen LogP contribution in [-0.2, 0) is 25.0 Å². The molecule has 2 bridgehead atoms. The molecular weight excluding hydrogens is 402 g/mol. The van der Waals surface area contributed by atoms with E-state index < -0.39 is 15.4 Å². The molecule has 1 aliphatic heterocycles. The zero-order valence-corrected chi connectivity index (χ0v) is 19.0. The number of benzene rings is 1. The van der Waals surface area contributed by atoms with Crippen LogP contribution >= 0.6 is 0 Å². The summed E-state index contributed by atoms with van der Waals surface area (Å²) in [4.78, 5) is 12.8. The first-order valence-electron chi connectivity index (χ1n) is 10.9. The summed E-state index contributed by atoms with van der Waals surface area (Å²) >= 11 is 0. The molecule has 1 heterocycles. The number of nitrogens with one attached hydrogen (secondary N) is 1. The third kappa shape index (κ3) is 3.49. The third-order valence-corrected chi connectivity index (χ3v) is 9.82. The molecule has 1 aromatic rings. The number of methoxy groups -OCH3 is 1. The van der Waals surface area contributed by atoms with Gasteiger partial charge in [0.2, 0.25) is 10.0 Å². The van der Waals surface area contributed by atoms with Crippen molar-refractivity contribution < 1.29 is 22.7 Å². The van der Waals surface area contributed by atoms with Gasteiger partial charge in [0, 0.05) is 37.0 Å². The van der Waals surface area contributed by atoms with E-state index in [2.05, 4.69) is 18.6 Å². The lowest BCUT2D eigenvalue weighted by molar-refractivity contribution is -0.128. The van der Waals surface area contributed by atoms with Crippen LogP contribution in [0, 0.1) is 16.7 Å². The summed E-state index contributed by atoms with van der Waals surface area (Å²) in [5.41, 5.74) is -0.231. The monoisotopic (exact) mass is 435 g/mol. The van der Waals surface area contributed by atoms with Gasteiger partial charge in [-0.3, -0.25) is 4.79 Å². The lowest BCUT2D eigenvalue weighted by atomic mass is 9.70. The predicted octanol–water partition coefficient (Wildman–Crippen LogP) is 3.06. The van der Waals surface area contributed by atoms with Crippen LogP contribution < -0.4 is 9.46 Å². The second kappa shape index (κ2) is 7.61. The molecule has 2 aliphatic carbocycles. The summed E-state index contributed by atoms with van der Waals surface area (Å²) < 4.78 is 40.1. The Labute approximate surface area is 179 Å². The second-order valence-corrected chi connectivity index (χ2v) is 11.7. The standard InChI is InChI=1S/C23H33NO5S/c1-21(2)18-8-9-23(21,20(25)14-18)16-30(26,27)24-15-22(10-12-29-13-11-22)17-4-6-19(28-3)7-5-17/h4-7,18,24H,8-16H2,1-3H3. The van der Waals surface area contributed by atoms with Crippen molar-refractivity contribution in [3.8, 4) is 5.75 Å². The van der Waals surface area contributed by atoms with Gasteiger partial charge in [0.1, 0.15) is 11.5 Å². The number of carbonyl (C=O) groups excluding carboxylic acids is 1. The normalized spacial score (nSPS) is 29.8. The fourth-order valence-corrected chi connectivity index (χ4v) is 7.93.